The number of aryl methyl sites for hydroxylation is 1. The largest absolute Gasteiger partial charge is 0.484 e. The summed E-state index contributed by atoms with van der Waals surface area (Å²) in [5, 5.41) is 0. The van der Waals surface area contributed by atoms with E-state index in [0.717, 1.165) is 5.56 Å². The Balaban J connectivity index is 2.43. The van der Waals surface area contributed by atoms with Crippen molar-refractivity contribution in [3.05, 3.63) is 29.8 Å². The molecular weight excluding hydrogens is 234 g/mol. The molecule has 98 valence electrons. The van der Waals surface area contributed by atoms with Crippen LogP contribution in [0.25, 0.3) is 0 Å². The fourth-order valence-electron chi connectivity index (χ4n) is 1.31. The minimum absolute atomic E-state index is 0.0769. The SMILES string of the molecule is COC(=O)CN(C)C(=O)COc1cccc(C)c1. The van der Waals surface area contributed by atoms with Crippen molar-refractivity contribution in [3.8, 4) is 5.75 Å². The molecule has 1 aromatic carbocycles. The van der Waals surface area contributed by atoms with Gasteiger partial charge in [-0.15, -0.1) is 0 Å². The Morgan fingerprint density at radius 2 is 2.06 bits per heavy atom. The van der Waals surface area contributed by atoms with Gasteiger partial charge in [-0.05, 0) is 24.6 Å². The summed E-state index contributed by atoms with van der Waals surface area (Å²) in [5.74, 6) is -0.0990. The first-order valence-corrected chi connectivity index (χ1v) is 5.53. The van der Waals surface area contributed by atoms with E-state index in [4.69, 9.17) is 4.74 Å². The number of hydrogen-bond acceptors (Lipinski definition) is 4. The molecule has 0 saturated carbocycles. The van der Waals surface area contributed by atoms with E-state index in [1.807, 2.05) is 25.1 Å². The van der Waals surface area contributed by atoms with E-state index in [1.54, 1.807) is 6.07 Å². The number of nitrogens with zero attached hydrogens (tertiary/aromatic N) is 1. The first-order chi connectivity index (χ1) is 8.52. The monoisotopic (exact) mass is 251 g/mol. The maximum Gasteiger partial charge on any atom is 0.325 e. The molecule has 1 aromatic rings. The topological polar surface area (TPSA) is 55.8 Å². The Morgan fingerprint density at radius 3 is 2.67 bits per heavy atom. The zero-order valence-corrected chi connectivity index (χ0v) is 10.8. The number of ether oxygens (including phenoxy) is 2. The first-order valence-electron chi connectivity index (χ1n) is 5.53. The fourth-order valence-corrected chi connectivity index (χ4v) is 1.31. The molecule has 0 unspecified atom stereocenters. The third-order valence-corrected chi connectivity index (χ3v) is 2.37. The summed E-state index contributed by atoms with van der Waals surface area (Å²) in [6.07, 6.45) is 0. The van der Waals surface area contributed by atoms with Gasteiger partial charge in [-0.3, -0.25) is 9.59 Å². The summed E-state index contributed by atoms with van der Waals surface area (Å²) in [7, 11) is 2.81. The summed E-state index contributed by atoms with van der Waals surface area (Å²) >= 11 is 0. The summed E-state index contributed by atoms with van der Waals surface area (Å²) in [4.78, 5) is 23.9. The van der Waals surface area contributed by atoms with Crippen molar-refractivity contribution >= 4 is 11.9 Å². The quantitative estimate of drug-likeness (QED) is 0.733. The van der Waals surface area contributed by atoms with Crippen molar-refractivity contribution in [2.24, 2.45) is 0 Å². The molecule has 0 aliphatic carbocycles. The number of hydrogen-bond donors (Lipinski definition) is 0. The number of carbonyl (C=O) groups excluding carboxylic acids is 2. The molecule has 18 heavy (non-hydrogen) atoms. The zero-order valence-electron chi connectivity index (χ0n) is 10.8. The Labute approximate surface area is 106 Å². The molecule has 0 aliphatic rings. The van der Waals surface area contributed by atoms with Crippen LogP contribution < -0.4 is 4.74 Å². The lowest BCUT2D eigenvalue weighted by Gasteiger charge is -2.16. The van der Waals surface area contributed by atoms with Gasteiger partial charge in [0.25, 0.3) is 5.91 Å². The van der Waals surface area contributed by atoms with E-state index >= 15 is 0 Å². The highest BCUT2D eigenvalue weighted by Crippen LogP contribution is 2.12. The van der Waals surface area contributed by atoms with E-state index in [2.05, 4.69) is 4.74 Å². The van der Waals surface area contributed by atoms with E-state index < -0.39 is 5.97 Å². The normalized spacial score (nSPS) is 9.72. The maximum absolute atomic E-state index is 11.6. The van der Waals surface area contributed by atoms with Crippen molar-refractivity contribution < 1.29 is 19.1 Å². The maximum atomic E-state index is 11.6. The van der Waals surface area contributed by atoms with Crippen LogP contribution in [0.2, 0.25) is 0 Å². The summed E-state index contributed by atoms with van der Waals surface area (Å²) in [6.45, 7) is 1.77. The second-order valence-corrected chi connectivity index (χ2v) is 3.93. The highest BCUT2D eigenvalue weighted by molar-refractivity contribution is 5.82. The van der Waals surface area contributed by atoms with Crippen LogP contribution in [0.15, 0.2) is 24.3 Å². The number of amides is 1. The minimum Gasteiger partial charge on any atom is -0.484 e. The van der Waals surface area contributed by atoms with Crippen LogP contribution in [0.5, 0.6) is 5.75 Å². The molecule has 1 rings (SSSR count). The van der Waals surface area contributed by atoms with Crippen LogP contribution in [0, 0.1) is 6.92 Å². The second-order valence-electron chi connectivity index (χ2n) is 3.93. The third-order valence-electron chi connectivity index (χ3n) is 2.37. The fraction of sp³-hybridized carbons (Fsp3) is 0.385. The highest BCUT2D eigenvalue weighted by Gasteiger charge is 2.13. The number of methoxy groups -OCH3 is 1. The molecule has 5 nitrogen and oxygen atoms in total. The van der Waals surface area contributed by atoms with Gasteiger partial charge in [0.2, 0.25) is 0 Å². The van der Waals surface area contributed by atoms with E-state index in [1.165, 1.54) is 19.1 Å². The molecule has 0 atom stereocenters. The number of rotatable bonds is 5. The van der Waals surface area contributed by atoms with Crippen LogP contribution in [0.3, 0.4) is 0 Å². The van der Waals surface area contributed by atoms with E-state index in [-0.39, 0.29) is 19.1 Å². The van der Waals surface area contributed by atoms with E-state index in [0.29, 0.717) is 5.75 Å². The summed E-state index contributed by atoms with van der Waals surface area (Å²) < 4.78 is 9.82. The molecule has 0 aliphatic heterocycles. The summed E-state index contributed by atoms with van der Waals surface area (Å²) in [5.41, 5.74) is 1.06. The van der Waals surface area contributed by atoms with Crippen molar-refractivity contribution in [1.82, 2.24) is 4.90 Å². The lowest BCUT2D eigenvalue weighted by Crippen LogP contribution is -2.35. The molecular formula is C13H17NO4. The van der Waals surface area contributed by atoms with Crippen molar-refractivity contribution in [2.45, 2.75) is 6.92 Å². The Morgan fingerprint density at radius 1 is 1.33 bits per heavy atom. The molecule has 5 heteroatoms. The summed E-state index contributed by atoms with van der Waals surface area (Å²) in [6, 6.07) is 7.42. The Kier molecular flexibility index (Phi) is 5.17. The zero-order chi connectivity index (χ0) is 13.5. The molecule has 0 aromatic heterocycles. The number of esters is 1. The Hall–Kier alpha value is -2.04. The second kappa shape index (κ2) is 6.64. The van der Waals surface area contributed by atoms with Crippen molar-refractivity contribution in [3.63, 3.8) is 0 Å². The van der Waals surface area contributed by atoms with Crippen LogP contribution >= 0.6 is 0 Å². The molecule has 0 saturated heterocycles. The van der Waals surface area contributed by atoms with Crippen LogP contribution in [0.4, 0.5) is 0 Å². The van der Waals surface area contributed by atoms with Gasteiger partial charge in [0.15, 0.2) is 6.61 Å². The molecule has 0 fully saturated rings. The minimum atomic E-state index is -0.457. The average molecular weight is 251 g/mol. The number of likely N-dealkylation sites (N-methyl/N-ethyl adjacent to an activating group) is 1. The van der Waals surface area contributed by atoms with Gasteiger partial charge >= 0.3 is 5.97 Å². The lowest BCUT2D eigenvalue weighted by molar-refractivity contribution is -0.146. The molecule has 0 bridgehead atoms. The van der Waals surface area contributed by atoms with Gasteiger partial charge in [-0.25, -0.2) is 0 Å². The average Bonchev–Trinajstić information content (AvgIpc) is 2.35. The van der Waals surface area contributed by atoms with Gasteiger partial charge in [-0.1, -0.05) is 12.1 Å². The van der Waals surface area contributed by atoms with E-state index in [9.17, 15) is 9.59 Å². The van der Waals surface area contributed by atoms with Gasteiger partial charge in [0.1, 0.15) is 12.3 Å². The van der Waals surface area contributed by atoms with Gasteiger partial charge < -0.3 is 14.4 Å². The van der Waals surface area contributed by atoms with Gasteiger partial charge in [0, 0.05) is 7.05 Å². The van der Waals surface area contributed by atoms with Crippen molar-refractivity contribution in [2.75, 3.05) is 27.3 Å². The van der Waals surface area contributed by atoms with Crippen molar-refractivity contribution in [1.29, 1.82) is 0 Å². The predicted octanol–water partition coefficient (Wildman–Crippen LogP) is 1.01. The number of carbonyl (C=O) groups is 2. The molecule has 1 amide bonds. The molecule has 0 radical (unpaired) electrons. The number of benzene rings is 1. The lowest BCUT2D eigenvalue weighted by atomic mass is 10.2. The molecule has 0 N–H and O–H groups in total. The van der Waals surface area contributed by atoms with Crippen LogP contribution in [-0.4, -0.2) is 44.1 Å². The highest BCUT2D eigenvalue weighted by atomic mass is 16.5. The van der Waals surface area contributed by atoms with Crippen LogP contribution in [-0.2, 0) is 14.3 Å². The first kappa shape index (κ1) is 14.0. The standard InChI is InChI=1S/C13H17NO4/c1-10-5-4-6-11(7-10)18-9-12(15)14(2)8-13(16)17-3/h4-7H,8-9H2,1-3H3. The van der Waals surface area contributed by atoms with Gasteiger partial charge in [0.05, 0.1) is 7.11 Å². The smallest absolute Gasteiger partial charge is 0.325 e. The van der Waals surface area contributed by atoms with Crippen LogP contribution in [0.1, 0.15) is 5.56 Å². The molecule has 0 heterocycles. The molecule has 0 spiro atoms. The predicted molar refractivity (Wildman–Crippen MR) is 66.3 cm³/mol. The Bertz CT molecular complexity index is 431. The van der Waals surface area contributed by atoms with Gasteiger partial charge in [-0.2, -0.15) is 0 Å². The third kappa shape index (κ3) is 4.45.